The Kier molecular flexibility index (Phi) is 3.45. The smallest absolute Gasteiger partial charge is 0.337 e. The summed E-state index contributed by atoms with van der Waals surface area (Å²) in [6, 6.07) is 1.54. The summed E-state index contributed by atoms with van der Waals surface area (Å²) in [5.74, 6) is 0.375. The second kappa shape index (κ2) is 5.03. The van der Waals surface area contributed by atoms with E-state index in [9.17, 15) is 4.79 Å². The predicted molar refractivity (Wildman–Crippen MR) is 65.2 cm³/mol. The van der Waals surface area contributed by atoms with E-state index in [0.717, 1.165) is 5.56 Å². The maximum Gasteiger partial charge on any atom is 0.337 e. The predicted octanol–water partition coefficient (Wildman–Crippen LogP) is 1.55. The number of methoxy groups -OCH3 is 1. The van der Waals surface area contributed by atoms with Gasteiger partial charge in [-0.15, -0.1) is 0 Å². The van der Waals surface area contributed by atoms with Crippen molar-refractivity contribution in [2.45, 2.75) is 20.3 Å². The van der Waals surface area contributed by atoms with Crippen LogP contribution in [0.1, 0.15) is 19.4 Å². The van der Waals surface area contributed by atoms with E-state index in [-0.39, 0.29) is 11.7 Å². The molecular weight excluding hydrogens is 236 g/mol. The summed E-state index contributed by atoms with van der Waals surface area (Å²) in [4.78, 5) is 19.6. The van der Waals surface area contributed by atoms with Gasteiger partial charge < -0.3 is 13.9 Å². The fourth-order valence-electron chi connectivity index (χ4n) is 1.70. The first kappa shape index (κ1) is 12.3. The highest BCUT2D eigenvalue weighted by molar-refractivity contribution is 5.82. The lowest BCUT2D eigenvalue weighted by Crippen LogP contribution is -2.06. The fourth-order valence-corrected chi connectivity index (χ4v) is 1.70. The van der Waals surface area contributed by atoms with Crippen LogP contribution in [0.3, 0.4) is 0 Å². The zero-order valence-electron chi connectivity index (χ0n) is 10.5. The Morgan fingerprint density at radius 3 is 2.72 bits per heavy atom. The van der Waals surface area contributed by atoms with Crippen LogP contribution in [0.25, 0.3) is 11.1 Å². The average molecular weight is 250 g/mol. The molecule has 0 bridgehead atoms. The highest BCUT2D eigenvalue weighted by Gasteiger charge is 2.15. The van der Waals surface area contributed by atoms with Gasteiger partial charge in [0.1, 0.15) is 5.39 Å². The van der Waals surface area contributed by atoms with Crippen molar-refractivity contribution in [3.8, 4) is 11.9 Å². The minimum absolute atomic E-state index is 0.113. The molecule has 0 N–H and O–H groups in total. The number of rotatable bonds is 4. The molecule has 0 aromatic carbocycles. The van der Waals surface area contributed by atoms with Crippen molar-refractivity contribution in [1.29, 1.82) is 0 Å². The van der Waals surface area contributed by atoms with Gasteiger partial charge in [0, 0.05) is 6.07 Å². The third-order valence-electron chi connectivity index (χ3n) is 2.48. The van der Waals surface area contributed by atoms with E-state index >= 15 is 0 Å². The Hall–Kier alpha value is -2.11. The number of aromatic nitrogens is 2. The van der Waals surface area contributed by atoms with Crippen LogP contribution < -0.4 is 15.1 Å². The zero-order chi connectivity index (χ0) is 13.1. The van der Waals surface area contributed by atoms with Crippen molar-refractivity contribution in [3.05, 3.63) is 22.0 Å². The third kappa shape index (κ3) is 2.13. The number of nitrogens with zero attached hydrogens (tertiary/aromatic N) is 2. The Balaban J connectivity index is 2.81. The van der Waals surface area contributed by atoms with Crippen LogP contribution in [0.5, 0.6) is 11.9 Å². The first-order valence-corrected chi connectivity index (χ1v) is 5.71. The maximum atomic E-state index is 11.4. The van der Waals surface area contributed by atoms with E-state index in [1.165, 1.54) is 13.2 Å². The van der Waals surface area contributed by atoms with Gasteiger partial charge in [0.05, 0.1) is 13.7 Å². The normalized spacial score (nSPS) is 10.6. The first-order chi connectivity index (χ1) is 8.69. The summed E-state index contributed by atoms with van der Waals surface area (Å²) < 4.78 is 15.5. The van der Waals surface area contributed by atoms with Gasteiger partial charge in [0.25, 0.3) is 0 Å². The van der Waals surface area contributed by atoms with Crippen molar-refractivity contribution in [1.82, 2.24) is 9.97 Å². The van der Waals surface area contributed by atoms with Crippen molar-refractivity contribution in [2.24, 2.45) is 0 Å². The van der Waals surface area contributed by atoms with Crippen molar-refractivity contribution >= 4 is 11.1 Å². The van der Waals surface area contributed by atoms with Crippen LogP contribution in [0.2, 0.25) is 0 Å². The molecule has 6 nitrogen and oxygen atoms in total. The second-order valence-corrected chi connectivity index (χ2v) is 3.57. The SMILES string of the molecule is CCOc1nc(OC)nc2oc(=O)cc(CC)c12. The Labute approximate surface area is 104 Å². The van der Waals surface area contributed by atoms with Gasteiger partial charge >= 0.3 is 11.6 Å². The molecule has 2 heterocycles. The second-order valence-electron chi connectivity index (χ2n) is 3.57. The summed E-state index contributed by atoms with van der Waals surface area (Å²) in [7, 11) is 1.44. The highest BCUT2D eigenvalue weighted by Crippen LogP contribution is 2.27. The van der Waals surface area contributed by atoms with E-state index < -0.39 is 5.63 Å². The summed E-state index contributed by atoms with van der Waals surface area (Å²) in [6.45, 7) is 4.25. The maximum absolute atomic E-state index is 11.4. The summed E-state index contributed by atoms with van der Waals surface area (Å²) >= 11 is 0. The van der Waals surface area contributed by atoms with Gasteiger partial charge in [-0.05, 0) is 18.9 Å². The number of aryl methyl sites for hydroxylation is 1. The zero-order valence-corrected chi connectivity index (χ0v) is 10.5. The standard InChI is InChI=1S/C12H14N2O4/c1-4-7-6-8(15)18-11-9(7)10(17-5-2)13-12(14-11)16-3/h6H,4-5H2,1-3H3. The third-order valence-corrected chi connectivity index (χ3v) is 2.48. The van der Waals surface area contributed by atoms with Gasteiger partial charge in [0.2, 0.25) is 11.6 Å². The number of fused-ring (bicyclic) bond motifs is 1. The minimum atomic E-state index is -0.442. The van der Waals surface area contributed by atoms with E-state index in [2.05, 4.69) is 9.97 Å². The first-order valence-electron chi connectivity index (χ1n) is 5.71. The molecule has 0 spiro atoms. The lowest BCUT2D eigenvalue weighted by Gasteiger charge is -2.09. The summed E-state index contributed by atoms with van der Waals surface area (Å²) in [5.41, 5.74) is 0.546. The molecule has 0 amide bonds. The molecule has 0 saturated carbocycles. The molecule has 0 aliphatic carbocycles. The molecule has 2 aromatic rings. The molecule has 6 heteroatoms. The molecule has 0 radical (unpaired) electrons. The highest BCUT2D eigenvalue weighted by atomic mass is 16.5. The van der Waals surface area contributed by atoms with E-state index in [4.69, 9.17) is 13.9 Å². The van der Waals surface area contributed by atoms with Crippen LogP contribution in [-0.4, -0.2) is 23.7 Å². The van der Waals surface area contributed by atoms with Crippen LogP contribution in [-0.2, 0) is 6.42 Å². The quantitative estimate of drug-likeness (QED) is 0.819. The molecule has 96 valence electrons. The lowest BCUT2D eigenvalue weighted by atomic mass is 10.1. The molecule has 0 fully saturated rings. The van der Waals surface area contributed by atoms with E-state index in [1.54, 1.807) is 0 Å². The summed E-state index contributed by atoms with van der Waals surface area (Å²) in [6.07, 6.45) is 0.665. The topological polar surface area (TPSA) is 74.5 Å². The Bertz CT molecular complexity index is 621. The van der Waals surface area contributed by atoms with Crippen molar-refractivity contribution in [2.75, 3.05) is 13.7 Å². The molecule has 18 heavy (non-hydrogen) atoms. The average Bonchev–Trinajstić information content (AvgIpc) is 2.37. The minimum Gasteiger partial charge on any atom is -0.477 e. The fraction of sp³-hybridized carbons (Fsp3) is 0.417. The monoisotopic (exact) mass is 250 g/mol. The molecule has 0 aliphatic rings. The van der Waals surface area contributed by atoms with Crippen molar-refractivity contribution in [3.63, 3.8) is 0 Å². The van der Waals surface area contributed by atoms with Gasteiger partial charge in [-0.1, -0.05) is 6.92 Å². The molecule has 0 atom stereocenters. The van der Waals surface area contributed by atoms with Gasteiger partial charge in [-0.2, -0.15) is 9.97 Å². The molecule has 0 unspecified atom stereocenters. The Morgan fingerprint density at radius 1 is 1.33 bits per heavy atom. The van der Waals surface area contributed by atoms with Gasteiger partial charge in [0.15, 0.2) is 0 Å². The molecule has 0 saturated heterocycles. The number of ether oxygens (including phenoxy) is 2. The van der Waals surface area contributed by atoms with Crippen LogP contribution >= 0.6 is 0 Å². The molecular formula is C12H14N2O4. The van der Waals surface area contributed by atoms with Crippen molar-refractivity contribution < 1.29 is 13.9 Å². The van der Waals surface area contributed by atoms with Crippen LogP contribution in [0.15, 0.2) is 15.3 Å². The van der Waals surface area contributed by atoms with Crippen LogP contribution in [0.4, 0.5) is 0 Å². The number of hydrogen-bond acceptors (Lipinski definition) is 6. The van der Waals surface area contributed by atoms with Gasteiger partial charge in [-0.3, -0.25) is 0 Å². The van der Waals surface area contributed by atoms with Crippen LogP contribution in [0, 0.1) is 0 Å². The summed E-state index contributed by atoms with van der Waals surface area (Å²) in [5, 5.41) is 0.625. The molecule has 2 rings (SSSR count). The lowest BCUT2D eigenvalue weighted by molar-refractivity contribution is 0.314. The number of hydrogen-bond donors (Lipinski definition) is 0. The van der Waals surface area contributed by atoms with E-state index in [1.807, 2.05) is 13.8 Å². The molecule has 0 aliphatic heterocycles. The van der Waals surface area contributed by atoms with E-state index in [0.29, 0.717) is 24.3 Å². The largest absolute Gasteiger partial charge is 0.477 e. The Morgan fingerprint density at radius 2 is 2.11 bits per heavy atom. The molecule has 2 aromatic heterocycles. The van der Waals surface area contributed by atoms with Gasteiger partial charge in [-0.25, -0.2) is 4.79 Å².